The molecule has 0 fully saturated rings. The van der Waals surface area contributed by atoms with Gasteiger partial charge < -0.3 is 10.1 Å². The number of carbonyl (C=O) groups is 2. The third kappa shape index (κ3) is 5.51. The molecule has 2 aromatic rings. The Balaban J connectivity index is 1.68. The van der Waals surface area contributed by atoms with Gasteiger partial charge in [-0.25, -0.2) is 5.43 Å². The summed E-state index contributed by atoms with van der Waals surface area (Å²) in [5.74, 6) is -0.121. The van der Waals surface area contributed by atoms with Gasteiger partial charge in [-0.3, -0.25) is 9.59 Å². The first kappa shape index (κ1) is 17.7. The van der Waals surface area contributed by atoms with Crippen LogP contribution >= 0.6 is 11.3 Å². The van der Waals surface area contributed by atoms with Crippen LogP contribution in [0.25, 0.3) is 0 Å². The number of ether oxygens (including phenoxy) is 1. The number of benzene rings is 1. The molecule has 126 valence electrons. The van der Waals surface area contributed by atoms with E-state index in [1.165, 1.54) is 11.3 Å². The van der Waals surface area contributed by atoms with Gasteiger partial charge in [0.05, 0.1) is 12.8 Å². The molecule has 1 aromatic carbocycles. The minimum atomic E-state index is -0.398. The normalized spacial score (nSPS) is 10.6. The number of thiophene rings is 1. The summed E-state index contributed by atoms with van der Waals surface area (Å²) < 4.78 is 5.40. The van der Waals surface area contributed by atoms with Crippen LogP contribution in [0.4, 0.5) is 0 Å². The fourth-order valence-corrected chi connectivity index (χ4v) is 2.60. The van der Waals surface area contributed by atoms with Crippen molar-refractivity contribution < 1.29 is 14.3 Å². The number of aryl methyl sites for hydroxylation is 2. The molecule has 7 heteroatoms. The van der Waals surface area contributed by atoms with Gasteiger partial charge in [0.15, 0.2) is 6.61 Å². The summed E-state index contributed by atoms with van der Waals surface area (Å²) in [5.41, 5.74) is 4.41. The molecule has 2 rings (SSSR count). The minimum Gasteiger partial charge on any atom is -0.484 e. The zero-order chi connectivity index (χ0) is 17.4. The van der Waals surface area contributed by atoms with Crippen molar-refractivity contribution in [2.45, 2.75) is 13.8 Å². The maximum absolute atomic E-state index is 11.7. The van der Waals surface area contributed by atoms with E-state index in [0.29, 0.717) is 5.75 Å². The first-order valence-electron chi connectivity index (χ1n) is 7.37. The van der Waals surface area contributed by atoms with E-state index in [1.54, 1.807) is 12.3 Å². The third-order valence-electron chi connectivity index (χ3n) is 3.17. The molecule has 0 atom stereocenters. The van der Waals surface area contributed by atoms with Crippen molar-refractivity contribution in [2.24, 2.45) is 5.10 Å². The first-order valence-corrected chi connectivity index (χ1v) is 8.25. The summed E-state index contributed by atoms with van der Waals surface area (Å²) in [6.07, 6.45) is 1.58. The van der Waals surface area contributed by atoms with Gasteiger partial charge >= 0.3 is 0 Å². The first-order chi connectivity index (χ1) is 11.6. The number of carbonyl (C=O) groups excluding carboxylic acids is 2. The number of hydrazone groups is 1. The van der Waals surface area contributed by atoms with E-state index >= 15 is 0 Å². The quantitative estimate of drug-likeness (QED) is 0.595. The highest BCUT2D eigenvalue weighted by molar-refractivity contribution is 7.11. The minimum absolute atomic E-state index is 0.143. The van der Waals surface area contributed by atoms with Crippen LogP contribution in [0.2, 0.25) is 0 Å². The molecule has 0 aliphatic rings. The maximum atomic E-state index is 11.7. The van der Waals surface area contributed by atoms with Crippen molar-refractivity contribution in [1.29, 1.82) is 0 Å². The average molecular weight is 345 g/mol. The summed E-state index contributed by atoms with van der Waals surface area (Å²) in [6, 6.07) is 9.39. The van der Waals surface area contributed by atoms with Crippen LogP contribution in [0.3, 0.4) is 0 Å². The zero-order valence-corrected chi connectivity index (χ0v) is 14.4. The lowest BCUT2D eigenvalue weighted by atomic mass is 10.2. The molecule has 0 saturated carbocycles. The Morgan fingerprint density at radius 2 is 1.96 bits per heavy atom. The second-order valence-electron chi connectivity index (χ2n) is 5.09. The molecular weight excluding hydrogens is 326 g/mol. The Bertz CT molecular complexity index is 740. The summed E-state index contributed by atoms with van der Waals surface area (Å²) in [5, 5.41) is 8.29. The van der Waals surface area contributed by atoms with Gasteiger partial charge in [-0.2, -0.15) is 5.10 Å². The lowest BCUT2D eigenvalue weighted by molar-refractivity contribution is -0.127. The Labute approximate surface area is 144 Å². The number of hydrogen-bond acceptors (Lipinski definition) is 5. The lowest BCUT2D eigenvalue weighted by Crippen LogP contribution is -2.37. The fraction of sp³-hybridized carbons (Fsp3) is 0.235. The van der Waals surface area contributed by atoms with Crippen LogP contribution in [-0.2, 0) is 9.59 Å². The van der Waals surface area contributed by atoms with Crippen LogP contribution in [0.15, 0.2) is 40.8 Å². The number of hydrogen-bond donors (Lipinski definition) is 2. The van der Waals surface area contributed by atoms with Gasteiger partial charge in [0.25, 0.3) is 11.8 Å². The van der Waals surface area contributed by atoms with Crippen LogP contribution in [0.1, 0.15) is 16.0 Å². The number of amides is 2. The average Bonchev–Trinajstić information content (AvgIpc) is 2.97. The van der Waals surface area contributed by atoms with Crippen molar-refractivity contribution in [3.05, 3.63) is 51.7 Å². The summed E-state index contributed by atoms with van der Waals surface area (Å²) >= 11 is 1.54. The highest BCUT2D eigenvalue weighted by Crippen LogP contribution is 2.15. The number of para-hydroxylation sites is 1. The van der Waals surface area contributed by atoms with E-state index in [9.17, 15) is 9.59 Å². The smallest absolute Gasteiger partial charge is 0.259 e. The second kappa shape index (κ2) is 8.83. The Hall–Kier alpha value is -2.67. The molecule has 24 heavy (non-hydrogen) atoms. The molecule has 0 radical (unpaired) electrons. The van der Waals surface area contributed by atoms with Crippen molar-refractivity contribution in [3.8, 4) is 5.75 Å². The third-order valence-corrected chi connectivity index (χ3v) is 4.12. The van der Waals surface area contributed by atoms with Crippen molar-refractivity contribution in [3.63, 3.8) is 0 Å². The number of nitrogens with one attached hydrogen (secondary N) is 2. The fourth-order valence-electron chi connectivity index (χ4n) is 1.81. The van der Waals surface area contributed by atoms with Crippen LogP contribution < -0.4 is 15.5 Å². The van der Waals surface area contributed by atoms with Crippen molar-refractivity contribution in [2.75, 3.05) is 13.2 Å². The summed E-state index contributed by atoms with van der Waals surface area (Å²) in [4.78, 5) is 24.3. The predicted octanol–water partition coefficient (Wildman–Crippen LogP) is 2.01. The van der Waals surface area contributed by atoms with E-state index in [4.69, 9.17) is 4.74 Å². The Morgan fingerprint density at radius 1 is 1.17 bits per heavy atom. The number of rotatable bonds is 7. The van der Waals surface area contributed by atoms with E-state index in [-0.39, 0.29) is 19.1 Å². The van der Waals surface area contributed by atoms with E-state index in [0.717, 1.165) is 16.0 Å². The van der Waals surface area contributed by atoms with Gasteiger partial charge in [-0.05, 0) is 42.5 Å². The molecule has 6 nitrogen and oxygen atoms in total. The molecular formula is C17H19N3O3S. The summed E-state index contributed by atoms with van der Waals surface area (Å²) in [6.45, 7) is 3.56. The second-order valence-corrected chi connectivity index (χ2v) is 6.04. The van der Waals surface area contributed by atoms with Crippen LogP contribution in [0.5, 0.6) is 5.75 Å². The van der Waals surface area contributed by atoms with Crippen LogP contribution in [-0.4, -0.2) is 31.2 Å². The number of nitrogens with zero attached hydrogens (tertiary/aromatic N) is 1. The molecule has 0 saturated heterocycles. The topological polar surface area (TPSA) is 79.8 Å². The molecule has 2 amide bonds. The van der Waals surface area contributed by atoms with Crippen LogP contribution in [0, 0.1) is 13.8 Å². The zero-order valence-electron chi connectivity index (χ0n) is 13.5. The molecule has 0 unspecified atom stereocenters. The molecule has 2 N–H and O–H groups in total. The van der Waals surface area contributed by atoms with E-state index in [1.807, 2.05) is 43.5 Å². The Morgan fingerprint density at radius 3 is 2.67 bits per heavy atom. The lowest BCUT2D eigenvalue weighted by Gasteiger charge is -2.08. The molecule has 0 aliphatic heterocycles. The van der Waals surface area contributed by atoms with Gasteiger partial charge in [-0.15, -0.1) is 11.3 Å². The molecule has 1 heterocycles. The SMILES string of the molecule is Cc1ccccc1OCC(=O)NCC(=O)N/N=C\c1sccc1C. The summed E-state index contributed by atoms with van der Waals surface area (Å²) in [7, 11) is 0. The highest BCUT2D eigenvalue weighted by Gasteiger charge is 2.06. The van der Waals surface area contributed by atoms with Crippen molar-refractivity contribution >= 4 is 29.4 Å². The van der Waals surface area contributed by atoms with Gasteiger partial charge in [-0.1, -0.05) is 18.2 Å². The molecule has 1 aromatic heterocycles. The highest BCUT2D eigenvalue weighted by atomic mass is 32.1. The van der Waals surface area contributed by atoms with Gasteiger partial charge in [0.1, 0.15) is 5.75 Å². The molecule has 0 spiro atoms. The maximum Gasteiger partial charge on any atom is 0.259 e. The molecule has 0 aliphatic carbocycles. The Kier molecular flexibility index (Phi) is 6.51. The van der Waals surface area contributed by atoms with Gasteiger partial charge in [0, 0.05) is 4.88 Å². The monoisotopic (exact) mass is 345 g/mol. The van der Waals surface area contributed by atoms with E-state index in [2.05, 4.69) is 15.8 Å². The van der Waals surface area contributed by atoms with Crippen molar-refractivity contribution in [1.82, 2.24) is 10.7 Å². The van der Waals surface area contributed by atoms with Gasteiger partial charge in [0.2, 0.25) is 0 Å². The standard InChI is InChI=1S/C17H19N3O3S/c1-12-5-3-4-6-14(12)23-11-17(22)18-10-16(21)20-19-9-15-13(2)7-8-24-15/h3-9H,10-11H2,1-2H3,(H,18,22)(H,20,21)/b19-9-. The largest absolute Gasteiger partial charge is 0.484 e. The van der Waals surface area contributed by atoms with E-state index < -0.39 is 5.91 Å². The molecule has 0 bridgehead atoms. The predicted molar refractivity (Wildman–Crippen MR) is 94.5 cm³/mol.